The smallest absolute Gasteiger partial charge is 0.0244 e. The fraction of sp³-hybridized carbons (Fsp3) is 1.00. The van der Waals surface area contributed by atoms with E-state index in [9.17, 15) is 0 Å². The molecule has 1 aliphatic rings. The lowest BCUT2D eigenvalue weighted by Gasteiger charge is -2.37. The minimum Gasteiger partial charge on any atom is -0.329 e. The van der Waals surface area contributed by atoms with Crippen LogP contribution in [0.2, 0.25) is 0 Å². The van der Waals surface area contributed by atoms with Crippen molar-refractivity contribution in [2.75, 3.05) is 13.1 Å². The summed E-state index contributed by atoms with van der Waals surface area (Å²) < 4.78 is 0. The predicted octanol–water partition coefficient (Wildman–Crippen LogP) is 2.23. The van der Waals surface area contributed by atoms with Crippen molar-refractivity contribution in [3.05, 3.63) is 0 Å². The molecule has 1 rings (SSSR count). The second-order valence-electron chi connectivity index (χ2n) is 4.82. The van der Waals surface area contributed by atoms with Crippen LogP contribution in [0.1, 0.15) is 46.5 Å². The van der Waals surface area contributed by atoms with E-state index in [1.165, 1.54) is 25.7 Å². The highest BCUT2D eigenvalue weighted by Crippen LogP contribution is 2.26. The van der Waals surface area contributed by atoms with Crippen molar-refractivity contribution in [3.63, 3.8) is 0 Å². The summed E-state index contributed by atoms with van der Waals surface area (Å²) in [6, 6.07) is 1.40. The van der Waals surface area contributed by atoms with Crippen LogP contribution < -0.4 is 5.73 Å². The Kier molecular flexibility index (Phi) is 4.90. The lowest BCUT2D eigenvalue weighted by Crippen LogP contribution is -2.48. The SMILES string of the molecule is CCN(C1CCCC1)C(CN)C(C)C. The van der Waals surface area contributed by atoms with E-state index < -0.39 is 0 Å². The van der Waals surface area contributed by atoms with E-state index in [1.54, 1.807) is 0 Å². The van der Waals surface area contributed by atoms with E-state index in [4.69, 9.17) is 5.73 Å². The zero-order valence-corrected chi connectivity index (χ0v) is 10.00. The van der Waals surface area contributed by atoms with E-state index >= 15 is 0 Å². The van der Waals surface area contributed by atoms with Crippen LogP contribution in [0.5, 0.6) is 0 Å². The molecule has 14 heavy (non-hydrogen) atoms. The average Bonchev–Trinajstić information content (AvgIpc) is 2.65. The van der Waals surface area contributed by atoms with Crippen molar-refractivity contribution in [2.45, 2.75) is 58.5 Å². The Morgan fingerprint density at radius 3 is 2.21 bits per heavy atom. The molecule has 0 aromatic rings. The zero-order valence-electron chi connectivity index (χ0n) is 10.00. The van der Waals surface area contributed by atoms with Gasteiger partial charge in [-0.2, -0.15) is 0 Å². The van der Waals surface area contributed by atoms with Gasteiger partial charge in [-0.3, -0.25) is 4.90 Å². The van der Waals surface area contributed by atoms with Crippen LogP contribution in [0.25, 0.3) is 0 Å². The third kappa shape index (κ3) is 2.71. The number of nitrogens with two attached hydrogens (primary N) is 1. The summed E-state index contributed by atoms with van der Waals surface area (Å²) in [4.78, 5) is 2.64. The van der Waals surface area contributed by atoms with Gasteiger partial charge in [0.1, 0.15) is 0 Å². The first kappa shape index (κ1) is 12.0. The minimum atomic E-state index is 0.586. The second kappa shape index (κ2) is 5.72. The van der Waals surface area contributed by atoms with Gasteiger partial charge in [0.05, 0.1) is 0 Å². The summed E-state index contributed by atoms with van der Waals surface area (Å²) in [7, 11) is 0. The molecular formula is C12H26N2. The molecule has 1 atom stereocenters. The molecule has 1 unspecified atom stereocenters. The Bertz CT molecular complexity index is 150. The lowest BCUT2D eigenvalue weighted by molar-refractivity contribution is 0.115. The highest BCUT2D eigenvalue weighted by Gasteiger charge is 2.28. The maximum Gasteiger partial charge on any atom is 0.0244 e. The summed E-state index contributed by atoms with van der Waals surface area (Å²) in [5, 5.41) is 0. The fourth-order valence-corrected chi connectivity index (χ4v) is 2.79. The van der Waals surface area contributed by atoms with Crippen molar-refractivity contribution in [3.8, 4) is 0 Å². The quantitative estimate of drug-likeness (QED) is 0.734. The van der Waals surface area contributed by atoms with Gasteiger partial charge in [0.15, 0.2) is 0 Å². The van der Waals surface area contributed by atoms with E-state index in [2.05, 4.69) is 25.7 Å². The molecule has 2 heteroatoms. The van der Waals surface area contributed by atoms with Crippen LogP contribution in [-0.4, -0.2) is 30.1 Å². The third-order valence-electron chi connectivity index (χ3n) is 3.60. The van der Waals surface area contributed by atoms with E-state index in [0.717, 1.165) is 19.1 Å². The number of hydrogen-bond donors (Lipinski definition) is 1. The van der Waals surface area contributed by atoms with Gasteiger partial charge >= 0.3 is 0 Å². The summed E-state index contributed by atoms with van der Waals surface area (Å²) in [5.41, 5.74) is 5.88. The second-order valence-corrected chi connectivity index (χ2v) is 4.82. The molecule has 0 heterocycles. The minimum absolute atomic E-state index is 0.586. The molecule has 0 aliphatic heterocycles. The maximum absolute atomic E-state index is 5.88. The van der Waals surface area contributed by atoms with Crippen molar-refractivity contribution in [2.24, 2.45) is 11.7 Å². The Morgan fingerprint density at radius 2 is 1.86 bits per heavy atom. The predicted molar refractivity (Wildman–Crippen MR) is 62.3 cm³/mol. The average molecular weight is 198 g/mol. The molecule has 0 bridgehead atoms. The molecule has 1 aliphatic carbocycles. The zero-order chi connectivity index (χ0) is 10.6. The van der Waals surface area contributed by atoms with E-state index in [-0.39, 0.29) is 0 Å². The van der Waals surface area contributed by atoms with Crippen LogP contribution in [0.15, 0.2) is 0 Å². The lowest BCUT2D eigenvalue weighted by atomic mass is 10.00. The van der Waals surface area contributed by atoms with Crippen LogP contribution in [0.4, 0.5) is 0 Å². The summed E-state index contributed by atoms with van der Waals surface area (Å²) in [6.45, 7) is 8.81. The van der Waals surface area contributed by atoms with Gasteiger partial charge < -0.3 is 5.73 Å². The first-order valence-electron chi connectivity index (χ1n) is 6.16. The highest BCUT2D eigenvalue weighted by atomic mass is 15.2. The Morgan fingerprint density at radius 1 is 1.29 bits per heavy atom. The van der Waals surface area contributed by atoms with E-state index in [1.807, 2.05) is 0 Å². The topological polar surface area (TPSA) is 29.3 Å². The monoisotopic (exact) mass is 198 g/mol. The van der Waals surface area contributed by atoms with E-state index in [0.29, 0.717) is 12.0 Å². The van der Waals surface area contributed by atoms with Crippen LogP contribution in [0.3, 0.4) is 0 Å². The molecule has 0 amide bonds. The normalized spacial score (nSPS) is 21.0. The molecule has 0 aromatic carbocycles. The number of likely N-dealkylation sites (N-methyl/N-ethyl adjacent to an activating group) is 1. The van der Waals surface area contributed by atoms with Crippen molar-refractivity contribution in [1.82, 2.24) is 4.90 Å². The van der Waals surface area contributed by atoms with Crippen LogP contribution in [-0.2, 0) is 0 Å². The van der Waals surface area contributed by atoms with Crippen LogP contribution >= 0.6 is 0 Å². The van der Waals surface area contributed by atoms with Gasteiger partial charge in [-0.05, 0) is 25.3 Å². The van der Waals surface area contributed by atoms with Gasteiger partial charge in [0.25, 0.3) is 0 Å². The first-order valence-corrected chi connectivity index (χ1v) is 6.16. The summed E-state index contributed by atoms with van der Waals surface area (Å²) in [6.07, 6.45) is 5.60. The number of rotatable bonds is 5. The Balaban J connectivity index is 2.57. The number of nitrogens with zero attached hydrogens (tertiary/aromatic N) is 1. The largest absolute Gasteiger partial charge is 0.329 e. The molecule has 0 saturated heterocycles. The fourth-order valence-electron chi connectivity index (χ4n) is 2.79. The van der Waals surface area contributed by atoms with Gasteiger partial charge in [0, 0.05) is 18.6 Å². The van der Waals surface area contributed by atoms with Gasteiger partial charge in [-0.15, -0.1) is 0 Å². The van der Waals surface area contributed by atoms with Crippen LogP contribution in [0, 0.1) is 5.92 Å². The maximum atomic E-state index is 5.88. The van der Waals surface area contributed by atoms with Crippen molar-refractivity contribution >= 4 is 0 Å². The number of hydrogen-bond acceptors (Lipinski definition) is 2. The molecule has 0 radical (unpaired) electrons. The molecule has 0 spiro atoms. The first-order chi connectivity index (χ1) is 6.70. The molecule has 1 fully saturated rings. The van der Waals surface area contributed by atoms with Gasteiger partial charge in [-0.25, -0.2) is 0 Å². The molecule has 1 saturated carbocycles. The summed E-state index contributed by atoms with van der Waals surface area (Å²) >= 11 is 0. The molecule has 2 nitrogen and oxygen atoms in total. The molecule has 0 aromatic heterocycles. The standard InChI is InChI=1S/C12H26N2/c1-4-14(11-7-5-6-8-11)12(9-13)10(2)3/h10-12H,4-9,13H2,1-3H3. The third-order valence-corrected chi connectivity index (χ3v) is 3.60. The molecule has 84 valence electrons. The van der Waals surface area contributed by atoms with Crippen molar-refractivity contribution < 1.29 is 0 Å². The highest BCUT2D eigenvalue weighted by molar-refractivity contribution is 4.84. The molecule has 2 N–H and O–H groups in total. The molecular weight excluding hydrogens is 172 g/mol. The Labute approximate surface area is 88.8 Å². The Hall–Kier alpha value is -0.0800. The van der Waals surface area contributed by atoms with Crippen molar-refractivity contribution in [1.29, 1.82) is 0 Å². The van der Waals surface area contributed by atoms with Gasteiger partial charge in [-0.1, -0.05) is 33.6 Å². The van der Waals surface area contributed by atoms with Gasteiger partial charge in [0.2, 0.25) is 0 Å². The summed E-state index contributed by atoms with van der Waals surface area (Å²) in [5.74, 6) is 0.681.